The highest BCUT2D eigenvalue weighted by atomic mass is 31.2. The van der Waals surface area contributed by atoms with Gasteiger partial charge in [-0.25, -0.2) is 9.36 Å². The molecule has 1 aliphatic rings. The molecule has 17 nitrogen and oxygen atoms in total. The molecule has 234 valence electrons. The van der Waals surface area contributed by atoms with Gasteiger partial charge in [-0.1, -0.05) is 41.5 Å². The number of azide groups is 1. The number of anilines is 1. The van der Waals surface area contributed by atoms with E-state index in [0.29, 0.717) is 11.3 Å². The van der Waals surface area contributed by atoms with Crippen molar-refractivity contribution >= 4 is 19.5 Å². The minimum Gasteiger partial charge on any atom is -0.497 e. The predicted octanol–water partition coefficient (Wildman–Crippen LogP) is 2.02. The van der Waals surface area contributed by atoms with Crippen molar-refractivity contribution in [2.45, 2.75) is 43.7 Å². The number of hydrogen-bond donors (Lipinski definition) is 4. The zero-order chi connectivity index (χ0) is 31.9. The molecule has 0 aliphatic carbocycles. The number of hydrogen-bond acceptors (Lipinski definition) is 13. The van der Waals surface area contributed by atoms with Crippen molar-refractivity contribution < 1.29 is 42.8 Å². The summed E-state index contributed by atoms with van der Waals surface area (Å²) in [6.45, 7) is 0.303. The van der Waals surface area contributed by atoms with Crippen LogP contribution in [-0.4, -0.2) is 63.4 Å². The lowest BCUT2D eigenvalue weighted by atomic mass is 10.1. The van der Waals surface area contributed by atoms with Crippen molar-refractivity contribution in [3.8, 4) is 11.5 Å². The molecule has 18 heteroatoms. The number of nitrogens with two attached hydrogens (primary N) is 1. The molecule has 4 rings (SSSR count). The molecule has 1 unspecified atom stereocenters. The molecule has 0 saturated carbocycles. The highest BCUT2D eigenvalue weighted by Gasteiger charge is 2.56. The Labute approximate surface area is 250 Å². The largest absolute Gasteiger partial charge is 0.497 e. The van der Waals surface area contributed by atoms with Crippen molar-refractivity contribution in [2.75, 3.05) is 19.5 Å². The van der Waals surface area contributed by atoms with Crippen LogP contribution in [0.25, 0.3) is 10.4 Å². The Hall–Kier alpha value is -4.47. The topological polar surface area (TPSA) is 242 Å². The third kappa shape index (κ3) is 7.53. The van der Waals surface area contributed by atoms with Crippen LogP contribution in [0.2, 0.25) is 0 Å². The van der Waals surface area contributed by atoms with Gasteiger partial charge in [0.05, 0.1) is 13.7 Å². The molecular weight excluding hydrogens is 601 g/mol. The van der Waals surface area contributed by atoms with Gasteiger partial charge in [-0.05, 0) is 36.2 Å². The third-order valence-electron chi connectivity index (χ3n) is 6.38. The van der Waals surface area contributed by atoms with Crippen LogP contribution in [-0.2, 0) is 30.0 Å². The molecule has 0 spiro atoms. The smallest absolute Gasteiger partial charge is 0.459 e. The third-order valence-corrected chi connectivity index (χ3v) is 8.00. The van der Waals surface area contributed by atoms with Gasteiger partial charge in [0.2, 0.25) is 5.72 Å². The number of nitrogen functional groups attached to an aromatic ring is 1. The number of carbonyl (C=O) groups excluding carboxylic acids is 1. The van der Waals surface area contributed by atoms with Crippen LogP contribution in [0.15, 0.2) is 76.8 Å². The maximum Gasteiger partial charge on any atom is 0.459 e. The van der Waals surface area contributed by atoms with E-state index in [9.17, 15) is 29.9 Å². The summed E-state index contributed by atoms with van der Waals surface area (Å²) in [7, 11) is -3.20. The molecule has 1 aliphatic heterocycles. The van der Waals surface area contributed by atoms with Crippen LogP contribution in [0.4, 0.5) is 5.82 Å². The zero-order valence-electron chi connectivity index (χ0n) is 23.5. The molecule has 0 radical (unpaired) electrons. The second-order valence-electron chi connectivity index (χ2n) is 9.51. The molecule has 2 heterocycles. The first kappa shape index (κ1) is 32.4. The molecule has 1 fully saturated rings. The number of aromatic nitrogens is 2. The lowest BCUT2D eigenvalue weighted by molar-refractivity contribution is -0.146. The molecule has 3 aromatic rings. The van der Waals surface area contributed by atoms with Crippen LogP contribution in [0, 0.1) is 0 Å². The van der Waals surface area contributed by atoms with E-state index in [2.05, 4.69) is 20.1 Å². The minimum atomic E-state index is -4.61. The fourth-order valence-corrected chi connectivity index (χ4v) is 5.63. The van der Waals surface area contributed by atoms with Gasteiger partial charge >= 0.3 is 19.4 Å². The van der Waals surface area contributed by atoms with Crippen LogP contribution in [0.5, 0.6) is 11.5 Å². The molecule has 1 saturated heterocycles. The first-order chi connectivity index (χ1) is 21.0. The Balaban J connectivity index is 1.58. The van der Waals surface area contributed by atoms with Crippen molar-refractivity contribution in [2.24, 2.45) is 5.11 Å². The number of nitrogens with zero attached hydrogens (tertiary/aromatic N) is 5. The van der Waals surface area contributed by atoms with Gasteiger partial charge < -0.3 is 34.7 Å². The van der Waals surface area contributed by atoms with Gasteiger partial charge in [0.1, 0.15) is 42.2 Å². The molecule has 6 atom stereocenters. The highest BCUT2D eigenvalue weighted by molar-refractivity contribution is 7.52. The molecule has 44 heavy (non-hydrogen) atoms. The maximum absolute atomic E-state index is 14.1. The lowest BCUT2D eigenvalue weighted by Crippen LogP contribution is -2.45. The zero-order valence-corrected chi connectivity index (χ0v) is 24.4. The number of carbonyl (C=O) groups is 1. The maximum atomic E-state index is 14.1. The number of esters is 1. The number of aliphatic hydroxyl groups excluding tert-OH is 2. The monoisotopic (exact) mass is 631 g/mol. The summed E-state index contributed by atoms with van der Waals surface area (Å²) in [5.74, 6) is -0.576. The Morgan fingerprint density at radius 2 is 1.98 bits per heavy atom. The molecule has 2 aromatic carbocycles. The SMILES string of the molecule is COc1cccc(OP(=O)(N[C@@H](C)C(=O)OCc2ccccc2)OC[C@@]2(N=[N+]=[N-])O[C@@H](n3ccc(N)nc3=O)[C@H](O)[C@@H]2O)c1. The normalized spacial score (nSPS) is 23.1. The van der Waals surface area contributed by atoms with E-state index in [4.69, 9.17) is 29.0 Å². The average Bonchev–Trinajstić information content (AvgIpc) is 3.25. The quantitative estimate of drug-likeness (QED) is 0.0694. The first-order valence-corrected chi connectivity index (χ1v) is 14.5. The standard InChI is InChI=1S/C26H30N7O10P/c1-16(24(36)40-14-17-7-4-3-5-8-17)30-44(38,43-19-10-6-9-18(13-19)39-2)41-15-26(31-32-28)22(35)21(34)23(42-26)33-12-11-20(27)29-25(33)37/h3-13,16,21-23,34-35H,14-15H2,1-2H3,(H,30,38)(H2,27,29,37)/t16-,21+,22-,23+,26+,44?/m0/s1. The molecule has 0 amide bonds. The van der Waals surface area contributed by atoms with E-state index >= 15 is 0 Å². The highest BCUT2D eigenvalue weighted by Crippen LogP contribution is 2.48. The van der Waals surface area contributed by atoms with Gasteiger partial charge in [-0.3, -0.25) is 13.9 Å². The van der Waals surface area contributed by atoms with Gasteiger partial charge in [0.15, 0.2) is 6.23 Å². The second kappa shape index (κ2) is 13.9. The summed E-state index contributed by atoms with van der Waals surface area (Å²) < 4.78 is 42.2. The van der Waals surface area contributed by atoms with E-state index < -0.39 is 56.2 Å². The first-order valence-electron chi connectivity index (χ1n) is 13.0. The Kier molecular flexibility index (Phi) is 10.2. The Morgan fingerprint density at radius 3 is 2.66 bits per heavy atom. The Bertz CT molecular complexity index is 1620. The van der Waals surface area contributed by atoms with E-state index in [1.165, 1.54) is 32.2 Å². The summed E-state index contributed by atoms with van der Waals surface area (Å²) in [6, 6.07) is 14.8. The number of nitrogens with one attached hydrogen (secondary N) is 1. The van der Waals surface area contributed by atoms with E-state index in [-0.39, 0.29) is 18.2 Å². The molecule has 5 N–H and O–H groups in total. The van der Waals surface area contributed by atoms with Crippen LogP contribution in [0.1, 0.15) is 18.7 Å². The summed E-state index contributed by atoms with van der Waals surface area (Å²) in [5.41, 5.74) is 12.2. The summed E-state index contributed by atoms with van der Waals surface area (Å²) in [4.78, 5) is 31.4. The second-order valence-corrected chi connectivity index (χ2v) is 11.2. The number of rotatable bonds is 13. The number of aliphatic hydroxyl groups is 2. The van der Waals surface area contributed by atoms with Crippen LogP contribution >= 0.6 is 7.75 Å². The fraction of sp³-hybridized carbons (Fsp3) is 0.346. The summed E-state index contributed by atoms with van der Waals surface area (Å²) in [6.07, 6.45) is -4.30. The van der Waals surface area contributed by atoms with Crippen molar-refractivity contribution in [3.05, 3.63) is 93.4 Å². The number of benzene rings is 2. The minimum absolute atomic E-state index is 0.00632. The molecule has 1 aromatic heterocycles. The Morgan fingerprint density at radius 1 is 1.25 bits per heavy atom. The molecule has 0 bridgehead atoms. The van der Waals surface area contributed by atoms with Crippen molar-refractivity contribution in [1.82, 2.24) is 14.6 Å². The van der Waals surface area contributed by atoms with Crippen molar-refractivity contribution in [1.29, 1.82) is 0 Å². The number of ether oxygens (including phenoxy) is 3. The average molecular weight is 632 g/mol. The van der Waals surface area contributed by atoms with E-state index in [1.807, 2.05) is 0 Å². The summed E-state index contributed by atoms with van der Waals surface area (Å²) >= 11 is 0. The van der Waals surface area contributed by atoms with Gasteiger partial charge in [-0.2, -0.15) is 10.1 Å². The lowest BCUT2D eigenvalue weighted by Gasteiger charge is -2.29. The predicted molar refractivity (Wildman–Crippen MR) is 153 cm³/mol. The van der Waals surface area contributed by atoms with Crippen molar-refractivity contribution in [3.63, 3.8) is 0 Å². The molecular formula is C26H30N7O10P. The van der Waals surface area contributed by atoms with Gasteiger partial charge in [0, 0.05) is 17.2 Å². The summed E-state index contributed by atoms with van der Waals surface area (Å²) in [5, 5.41) is 27.6. The van der Waals surface area contributed by atoms with Gasteiger partial charge in [-0.15, -0.1) is 0 Å². The number of methoxy groups -OCH3 is 1. The fourth-order valence-electron chi connectivity index (χ4n) is 4.13. The van der Waals surface area contributed by atoms with Crippen LogP contribution < -0.4 is 25.8 Å². The van der Waals surface area contributed by atoms with Gasteiger partial charge in [0.25, 0.3) is 0 Å². The van der Waals surface area contributed by atoms with E-state index in [1.54, 1.807) is 42.5 Å². The van der Waals surface area contributed by atoms with E-state index in [0.717, 1.165) is 10.8 Å². The van der Waals surface area contributed by atoms with Crippen LogP contribution in [0.3, 0.4) is 0 Å².